The number of benzene rings is 1. The Morgan fingerprint density at radius 3 is 2.76 bits per heavy atom. The predicted molar refractivity (Wildman–Crippen MR) is 96.7 cm³/mol. The molecule has 0 bridgehead atoms. The van der Waals surface area contributed by atoms with Gasteiger partial charge < -0.3 is 15.1 Å². The van der Waals surface area contributed by atoms with E-state index in [1.807, 2.05) is 12.1 Å². The fraction of sp³-hybridized carbons (Fsp3) is 0.316. The van der Waals surface area contributed by atoms with Crippen molar-refractivity contribution in [3.05, 3.63) is 46.9 Å². The van der Waals surface area contributed by atoms with E-state index in [-0.39, 0.29) is 11.7 Å². The quantitative estimate of drug-likeness (QED) is 0.466. The highest BCUT2D eigenvalue weighted by Gasteiger charge is 2.24. The lowest BCUT2D eigenvalue weighted by Crippen LogP contribution is -2.17. The Labute approximate surface area is 142 Å². The second-order valence-electron chi connectivity index (χ2n) is 6.87. The van der Waals surface area contributed by atoms with Gasteiger partial charge in [-0.25, -0.2) is 4.98 Å². The van der Waals surface area contributed by atoms with E-state index in [4.69, 9.17) is 4.98 Å². The maximum atomic E-state index is 12.4. The van der Waals surface area contributed by atoms with Gasteiger partial charge in [-0.2, -0.15) is 0 Å². The molecule has 4 aromatic rings. The van der Waals surface area contributed by atoms with Crippen LogP contribution in [0.3, 0.4) is 0 Å². The number of aromatic nitrogens is 4. The fourth-order valence-electron chi connectivity index (χ4n) is 4.08. The van der Waals surface area contributed by atoms with Crippen molar-refractivity contribution < 1.29 is 5.11 Å². The van der Waals surface area contributed by atoms with Crippen LogP contribution in [0, 0.1) is 0 Å². The normalized spacial score (nSPS) is 21.3. The number of rotatable bonds is 1. The SMILES string of the molecule is O=c1[nH]ccc2c3[nH]c(C4CCC(O)CC4)nc3c3cnccc3c12. The van der Waals surface area contributed by atoms with Crippen LogP contribution in [0.2, 0.25) is 0 Å². The monoisotopic (exact) mass is 334 g/mol. The minimum absolute atomic E-state index is 0.104. The summed E-state index contributed by atoms with van der Waals surface area (Å²) in [4.78, 5) is 27.8. The molecule has 1 aliphatic carbocycles. The number of aliphatic hydroxyl groups is 1. The second-order valence-corrected chi connectivity index (χ2v) is 6.87. The van der Waals surface area contributed by atoms with Crippen molar-refractivity contribution in [2.24, 2.45) is 0 Å². The number of nitrogens with zero attached hydrogens (tertiary/aromatic N) is 2. The molecule has 3 aromatic heterocycles. The number of H-pyrrole nitrogens is 2. The number of hydrogen-bond acceptors (Lipinski definition) is 4. The van der Waals surface area contributed by atoms with Gasteiger partial charge in [-0.15, -0.1) is 0 Å². The summed E-state index contributed by atoms with van der Waals surface area (Å²) in [6.07, 6.45) is 8.44. The van der Waals surface area contributed by atoms with Crippen molar-refractivity contribution in [1.82, 2.24) is 19.9 Å². The molecule has 1 aliphatic rings. The number of hydrogen-bond donors (Lipinski definition) is 3. The largest absolute Gasteiger partial charge is 0.393 e. The van der Waals surface area contributed by atoms with Crippen LogP contribution in [-0.2, 0) is 0 Å². The lowest BCUT2D eigenvalue weighted by molar-refractivity contribution is 0.121. The molecule has 0 saturated heterocycles. The number of pyridine rings is 2. The average molecular weight is 334 g/mol. The fourth-order valence-corrected chi connectivity index (χ4v) is 4.08. The third-order valence-corrected chi connectivity index (χ3v) is 5.38. The first kappa shape index (κ1) is 14.6. The summed E-state index contributed by atoms with van der Waals surface area (Å²) in [6, 6.07) is 3.79. The van der Waals surface area contributed by atoms with E-state index in [2.05, 4.69) is 15.0 Å². The summed E-state index contributed by atoms with van der Waals surface area (Å²) in [5.74, 6) is 1.26. The van der Waals surface area contributed by atoms with Crippen molar-refractivity contribution in [3.8, 4) is 0 Å². The molecule has 0 amide bonds. The summed E-state index contributed by atoms with van der Waals surface area (Å²) in [7, 11) is 0. The number of nitrogens with one attached hydrogen (secondary N) is 2. The van der Waals surface area contributed by atoms with E-state index in [1.165, 1.54) is 0 Å². The number of aliphatic hydroxyl groups excluding tert-OH is 1. The average Bonchev–Trinajstić information content (AvgIpc) is 3.08. The lowest BCUT2D eigenvalue weighted by Gasteiger charge is -2.23. The van der Waals surface area contributed by atoms with E-state index >= 15 is 0 Å². The van der Waals surface area contributed by atoms with Gasteiger partial charge >= 0.3 is 0 Å². The van der Waals surface area contributed by atoms with E-state index in [9.17, 15) is 9.90 Å². The molecule has 6 heteroatoms. The molecule has 0 radical (unpaired) electrons. The van der Waals surface area contributed by atoms with E-state index in [1.54, 1.807) is 18.6 Å². The van der Waals surface area contributed by atoms with Crippen molar-refractivity contribution in [3.63, 3.8) is 0 Å². The Hall–Kier alpha value is -2.73. The topological polar surface area (TPSA) is 94.7 Å². The first-order valence-electron chi connectivity index (χ1n) is 8.67. The van der Waals surface area contributed by atoms with Crippen molar-refractivity contribution in [2.75, 3.05) is 0 Å². The molecule has 0 atom stereocenters. The second kappa shape index (κ2) is 5.39. The number of imidazole rings is 1. The summed E-state index contributed by atoms with van der Waals surface area (Å²) < 4.78 is 0. The van der Waals surface area contributed by atoms with Gasteiger partial charge in [0.2, 0.25) is 0 Å². The summed E-state index contributed by atoms with van der Waals surface area (Å²) in [5, 5.41) is 13.1. The van der Waals surface area contributed by atoms with Gasteiger partial charge in [0.15, 0.2) is 0 Å². The smallest absolute Gasteiger partial charge is 0.256 e. The third kappa shape index (κ3) is 2.17. The molecule has 1 fully saturated rings. The molecule has 1 saturated carbocycles. The molecule has 0 aliphatic heterocycles. The van der Waals surface area contributed by atoms with Gasteiger partial charge in [0.25, 0.3) is 5.56 Å². The van der Waals surface area contributed by atoms with E-state index in [0.717, 1.165) is 58.7 Å². The molecule has 1 aromatic carbocycles. The minimum atomic E-state index is -0.190. The van der Waals surface area contributed by atoms with Gasteiger partial charge in [0.05, 0.1) is 22.5 Å². The maximum absolute atomic E-state index is 12.4. The molecular weight excluding hydrogens is 316 g/mol. The zero-order valence-electron chi connectivity index (χ0n) is 13.6. The lowest BCUT2D eigenvalue weighted by atomic mass is 9.87. The zero-order chi connectivity index (χ0) is 17.0. The van der Waals surface area contributed by atoms with Crippen LogP contribution in [0.5, 0.6) is 0 Å². The first-order chi connectivity index (χ1) is 12.2. The first-order valence-corrected chi connectivity index (χ1v) is 8.67. The van der Waals surface area contributed by atoms with E-state index in [0.29, 0.717) is 11.3 Å². The van der Waals surface area contributed by atoms with Crippen molar-refractivity contribution >= 4 is 32.6 Å². The maximum Gasteiger partial charge on any atom is 0.256 e. The van der Waals surface area contributed by atoms with Gasteiger partial charge in [-0.1, -0.05) is 0 Å². The highest BCUT2D eigenvalue weighted by Crippen LogP contribution is 2.36. The molecule has 3 heterocycles. The predicted octanol–water partition coefficient (Wildman–Crippen LogP) is 2.97. The van der Waals surface area contributed by atoms with Crippen LogP contribution < -0.4 is 5.56 Å². The van der Waals surface area contributed by atoms with Crippen LogP contribution in [0.25, 0.3) is 32.6 Å². The molecular formula is C19H18N4O2. The Morgan fingerprint density at radius 1 is 1.08 bits per heavy atom. The van der Waals surface area contributed by atoms with Crippen molar-refractivity contribution in [2.45, 2.75) is 37.7 Å². The molecule has 126 valence electrons. The summed E-state index contributed by atoms with van der Waals surface area (Å²) in [5.41, 5.74) is 1.65. The minimum Gasteiger partial charge on any atom is -0.393 e. The Bertz CT molecular complexity index is 1150. The van der Waals surface area contributed by atoms with Crippen LogP contribution in [0.1, 0.15) is 37.4 Å². The summed E-state index contributed by atoms with van der Waals surface area (Å²) in [6.45, 7) is 0. The molecule has 0 spiro atoms. The van der Waals surface area contributed by atoms with Crippen molar-refractivity contribution in [1.29, 1.82) is 0 Å². The number of aromatic amines is 2. The Balaban J connectivity index is 1.83. The van der Waals surface area contributed by atoms with Gasteiger partial charge in [0.1, 0.15) is 5.82 Å². The molecule has 3 N–H and O–H groups in total. The summed E-state index contributed by atoms with van der Waals surface area (Å²) >= 11 is 0. The zero-order valence-corrected chi connectivity index (χ0v) is 13.6. The highest BCUT2D eigenvalue weighted by molar-refractivity contribution is 6.22. The van der Waals surface area contributed by atoms with Gasteiger partial charge in [0, 0.05) is 40.7 Å². The van der Waals surface area contributed by atoms with Crippen LogP contribution in [-0.4, -0.2) is 31.1 Å². The van der Waals surface area contributed by atoms with Crippen LogP contribution in [0.4, 0.5) is 0 Å². The molecule has 25 heavy (non-hydrogen) atoms. The van der Waals surface area contributed by atoms with Crippen LogP contribution >= 0.6 is 0 Å². The highest BCUT2D eigenvalue weighted by atomic mass is 16.3. The van der Waals surface area contributed by atoms with Gasteiger partial charge in [-0.3, -0.25) is 9.78 Å². The molecule has 6 nitrogen and oxygen atoms in total. The molecule has 5 rings (SSSR count). The standard InChI is InChI=1S/C19H18N4O2/c24-11-3-1-10(2-4-11)18-22-16-13-6-8-21-19(25)15(13)12-5-7-20-9-14(12)17(16)23-18/h5-11,24H,1-4H2,(H,21,25)(H,22,23). The Morgan fingerprint density at radius 2 is 1.92 bits per heavy atom. The van der Waals surface area contributed by atoms with E-state index < -0.39 is 0 Å². The third-order valence-electron chi connectivity index (χ3n) is 5.38. The number of fused-ring (bicyclic) bond motifs is 6. The van der Waals surface area contributed by atoms with Crippen LogP contribution in [0.15, 0.2) is 35.5 Å². The van der Waals surface area contributed by atoms with Gasteiger partial charge in [-0.05, 0) is 37.8 Å². The Kier molecular flexibility index (Phi) is 3.15. The molecule has 0 unspecified atom stereocenters.